The van der Waals surface area contributed by atoms with E-state index in [1.54, 1.807) is 11.3 Å². The summed E-state index contributed by atoms with van der Waals surface area (Å²) >= 11 is 1.73. The van der Waals surface area contributed by atoms with E-state index < -0.39 is 0 Å². The fourth-order valence-electron chi connectivity index (χ4n) is 1.56. The molecule has 0 aromatic carbocycles. The van der Waals surface area contributed by atoms with Gasteiger partial charge in [-0.2, -0.15) is 0 Å². The normalized spacial score (nSPS) is 13.1. The quantitative estimate of drug-likeness (QED) is 0.753. The fraction of sp³-hybridized carbons (Fsp3) is 0.500. The molecule has 0 radical (unpaired) electrons. The lowest BCUT2D eigenvalue weighted by atomic mass is 10.2. The Bertz CT molecular complexity index is 293. The molecule has 0 aliphatic rings. The molecule has 0 saturated carbocycles. The molecule has 0 aliphatic heterocycles. The predicted molar refractivity (Wildman–Crippen MR) is 68.2 cm³/mol. The van der Waals surface area contributed by atoms with E-state index in [0.717, 1.165) is 19.6 Å². The van der Waals surface area contributed by atoms with Crippen LogP contribution in [0.5, 0.6) is 0 Å². The molecule has 15 heavy (non-hydrogen) atoms. The molecule has 0 saturated heterocycles. The van der Waals surface area contributed by atoms with Crippen molar-refractivity contribution in [2.45, 2.75) is 19.9 Å². The van der Waals surface area contributed by atoms with Crippen LogP contribution in [0.3, 0.4) is 0 Å². The maximum Gasteiger partial charge on any atom is 0.0519 e. The maximum atomic E-state index is 6.13. The van der Waals surface area contributed by atoms with Crippen LogP contribution in [-0.4, -0.2) is 24.5 Å². The monoisotopic (exact) mass is 224 g/mol. The van der Waals surface area contributed by atoms with Crippen molar-refractivity contribution in [2.24, 2.45) is 5.73 Å². The van der Waals surface area contributed by atoms with Crippen molar-refractivity contribution in [3.8, 4) is 0 Å². The Kier molecular flexibility index (Phi) is 5.02. The lowest BCUT2D eigenvalue weighted by Gasteiger charge is -2.23. The molecule has 1 rings (SSSR count). The fourth-order valence-corrected chi connectivity index (χ4v) is 2.28. The zero-order valence-electron chi connectivity index (χ0n) is 9.57. The van der Waals surface area contributed by atoms with Crippen molar-refractivity contribution in [1.29, 1.82) is 0 Å². The van der Waals surface area contributed by atoms with Crippen LogP contribution < -0.4 is 5.73 Å². The zero-order valence-corrected chi connectivity index (χ0v) is 10.4. The molecule has 1 aromatic heterocycles. The molecule has 1 heterocycles. The van der Waals surface area contributed by atoms with Crippen LogP contribution in [0.4, 0.5) is 0 Å². The van der Waals surface area contributed by atoms with E-state index in [2.05, 4.69) is 42.8 Å². The summed E-state index contributed by atoms with van der Waals surface area (Å²) < 4.78 is 0. The zero-order chi connectivity index (χ0) is 11.3. The first-order valence-electron chi connectivity index (χ1n) is 5.29. The third-order valence-corrected chi connectivity index (χ3v) is 3.31. The minimum atomic E-state index is 0.129. The second-order valence-corrected chi connectivity index (χ2v) is 4.89. The van der Waals surface area contributed by atoms with Crippen molar-refractivity contribution in [2.75, 3.05) is 19.6 Å². The average Bonchev–Trinajstić information content (AvgIpc) is 2.68. The van der Waals surface area contributed by atoms with Crippen LogP contribution in [0.2, 0.25) is 0 Å². The van der Waals surface area contributed by atoms with Crippen LogP contribution >= 0.6 is 11.3 Å². The van der Waals surface area contributed by atoms with E-state index in [9.17, 15) is 0 Å². The molecule has 0 amide bonds. The molecule has 0 fully saturated rings. The van der Waals surface area contributed by atoms with Gasteiger partial charge in [-0.05, 0) is 24.9 Å². The van der Waals surface area contributed by atoms with Crippen molar-refractivity contribution >= 4 is 11.3 Å². The Balaban J connectivity index is 2.48. The van der Waals surface area contributed by atoms with Gasteiger partial charge in [0.05, 0.1) is 6.04 Å². The van der Waals surface area contributed by atoms with Crippen molar-refractivity contribution in [3.63, 3.8) is 0 Å². The Morgan fingerprint density at radius 2 is 2.40 bits per heavy atom. The molecule has 84 valence electrons. The first kappa shape index (κ1) is 12.4. The Labute approximate surface area is 96.4 Å². The highest BCUT2D eigenvalue weighted by atomic mass is 32.1. The standard InChI is InChI=1S/C12H20N2S/c1-4-14(8-10(2)3)9-11(13)12-6-5-7-15-12/h5-7,11H,2,4,8-9,13H2,1,3H3. The molecule has 1 unspecified atom stereocenters. The lowest BCUT2D eigenvalue weighted by Crippen LogP contribution is -2.32. The Morgan fingerprint density at radius 1 is 1.67 bits per heavy atom. The maximum absolute atomic E-state index is 6.13. The third-order valence-electron chi connectivity index (χ3n) is 2.30. The summed E-state index contributed by atoms with van der Waals surface area (Å²) in [6.07, 6.45) is 0. The van der Waals surface area contributed by atoms with Gasteiger partial charge >= 0.3 is 0 Å². The van der Waals surface area contributed by atoms with E-state index in [0.29, 0.717) is 0 Å². The molecule has 2 nitrogen and oxygen atoms in total. The highest BCUT2D eigenvalue weighted by molar-refractivity contribution is 7.10. The number of rotatable bonds is 6. The first-order valence-corrected chi connectivity index (χ1v) is 6.17. The van der Waals surface area contributed by atoms with Crippen molar-refractivity contribution in [3.05, 3.63) is 34.5 Å². The van der Waals surface area contributed by atoms with E-state index in [1.165, 1.54) is 10.5 Å². The summed E-state index contributed by atoms with van der Waals surface area (Å²) in [5.74, 6) is 0. The lowest BCUT2D eigenvalue weighted by molar-refractivity contribution is 0.294. The van der Waals surface area contributed by atoms with Gasteiger partial charge in [-0.3, -0.25) is 4.90 Å². The van der Waals surface area contributed by atoms with Gasteiger partial charge in [-0.15, -0.1) is 11.3 Å². The van der Waals surface area contributed by atoms with Gasteiger partial charge in [0.15, 0.2) is 0 Å². The topological polar surface area (TPSA) is 29.3 Å². The number of likely N-dealkylation sites (N-methyl/N-ethyl adjacent to an activating group) is 1. The third kappa shape index (κ3) is 4.16. The van der Waals surface area contributed by atoms with Crippen LogP contribution in [0.1, 0.15) is 24.8 Å². The van der Waals surface area contributed by atoms with Gasteiger partial charge < -0.3 is 5.73 Å². The van der Waals surface area contributed by atoms with Gasteiger partial charge in [0.25, 0.3) is 0 Å². The van der Waals surface area contributed by atoms with E-state index in [-0.39, 0.29) is 6.04 Å². The van der Waals surface area contributed by atoms with Gasteiger partial charge in [-0.1, -0.05) is 25.1 Å². The second-order valence-electron chi connectivity index (χ2n) is 3.91. The summed E-state index contributed by atoms with van der Waals surface area (Å²) in [6.45, 7) is 11.0. The van der Waals surface area contributed by atoms with Crippen molar-refractivity contribution < 1.29 is 0 Å². The summed E-state index contributed by atoms with van der Waals surface area (Å²) in [5, 5.41) is 2.07. The number of nitrogens with two attached hydrogens (primary N) is 1. The Hall–Kier alpha value is -0.640. The molecule has 0 aliphatic carbocycles. The number of thiophene rings is 1. The number of hydrogen-bond acceptors (Lipinski definition) is 3. The van der Waals surface area contributed by atoms with Gasteiger partial charge in [0, 0.05) is 18.0 Å². The van der Waals surface area contributed by atoms with Gasteiger partial charge in [0.1, 0.15) is 0 Å². The SMILES string of the molecule is C=C(C)CN(CC)CC(N)c1cccs1. The molecule has 3 heteroatoms. The number of hydrogen-bond donors (Lipinski definition) is 1. The number of nitrogens with zero attached hydrogens (tertiary/aromatic N) is 1. The summed E-state index contributed by atoms with van der Waals surface area (Å²) in [4.78, 5) is 3.59. The first-order chi connectivity index (χ1) is 7.13. The highest BCUT2D eigenvalue weighted by Crippen LogP contribution is 2.17. The molecular weight excluding hydrogens is 204 g/mol. The van der Waals surface area contributed by atoms with Crippen LogP contribution in [0, 0.1) is 0 Å². The van der Waals surface area contributed by atoms with Gasteiger partial charge in [0.2, 0.25) is 0 Å². The summed E-state index contributed by atoms with van der Waals surface area (Å²) in [7, 11) is 0. The van der Waals surface area contributed by atoms with Gasteiger partial charge in [-0.25, -0.2) is 0 Å². The predicted octanol–water partition coefficient (Wildman–Crippen LogP) is 2.65. The smallest absolute Gasteiger partial charge is 0.0519 e. The second kappa shape index (κ2) is 6.05. The van der Waals surface area contributed by atoms with E-state index in [1.807, 2.05) is 0 Å². The molecule has 2 N–H and O–H groups in total. The summed E-state index contributed by atoms with van der Waals surface area (Å²) in [6, 6.07) is 4.28. The average molecular weight is 224 g/mol. The van der Waals surface area contributed by atoms with Crippen LogP contribution in [0.15, 0.2) is 29.7 Å². The van der Waals surface area contributed by atoms with Crippen molar-refractivity contribution in [1.82, 2.24) is 4.90 Å². The van der Waals surface area contributed by atoms with E-state index in [4.69, 9.17) is 5.73 Å². The molecule has 0 bridgehead atoms. The summed E-state index contributed by atoms with van der Waals surface area (Å²) in [5.41, 5.74) is 7.32. The Morgan fingerprint density at radius 3 is 2.87 bits per heavy atom. The largest absolute Gasteiger partial charge is 0.322 e. The molecular formula is C12H20N2S. The minimum Gasteiger partial charge on any atom is -0.322 e. The van der Waals surface area contributed by atoms with Crippen LogP contribution in [-0.2, 0) is 0 Å². The van der Waals surface area contributed by atoms with E-state index >= 15 is 0 Å². The van der Waals surface area contributed by atoms with Crippen LogP contribution in [0.25, 0.3) is 0 Å². The molecule has 1 aromatic rings. The minimum absolute atomic E-state index is 0.129. The molecule has 0 spiro atoms. The molecule has 1 atom stereocenters. The highest BCUT2D eigenvalue weighted by Gasteiger charge is 2.11.